The third-order valence-electron chi connectivity index (χ3n) is 3.90. The maximum atomic E-state index is 12.1. The van der Waals surface area contributed by atoms with E-state index in [1.54, 1.807) is 0 Å². The number of piperidine rings is 1. The topological polar surface area (TPSA) is 40.5 Å². The van der Waals surface area contributed by atoms with Crippen molar-refractivity contribution in [2.45, 2.75) is 32.1 Å². The predicted molar refractivity (Wildman–Crippen MR) is 80.8 cm³/mol. The second kappa shape index (κ2) is 7.65. The van der Waals surface area contributed by atoms with Gasteiger partial charge in [-0.3, -0.25) is 4.79 Å². The van der Waals surface area contributed by atoms with E-state index >= 15 is 0 Å². The Morgan fingerprint density at radius 2 is 2.10 bits per heavy atom. The lowest BCUT2D eigenvalue weighted by Gasteiger charge is -2.32. The molecule has 0 spiro atoms. The fraction of sp³-hybridized carbons (Fsp3) is 0.562. The van der Waals surface area contributed by atoms with Crippen molar-refractivity contribution in [3.63, 3.8) is 0 Å². The molecule has 1 aromatic carbocycles. The van der Waals surface area contributed by atoms with E-state index in [4.69, 9.17) is 11.6 Å². The quantitative estimate of drug-likeness (QED) is 0.907. The molecule has 0 aromatic heterocycles. The lowest BCUT2D eigenvalue weighted by Crippen LogP contribution is -2.40. The van der Waals surface area contributed by atoms with E-state index in [1.165, 1.54) is 5.56 Å². The van der Waals surface area contributed by atoms with E-state index in [9.17, 15) is 9.90 Å². The summed E-state index contributed by atoms with van der Waals surface area (Å²) in [6, 6.07) is 7.79. The smallest absolute Gasteiger partial charge is 0.222 e. The van der Waals surface area contributed by atoms with Gasteiger partial charge in [-0.1, -0.05) is 23.7 Å². The van der Waals surface area contributed by atoms with Crippen LogP contribution in [-0.4, -0.2) is 35.6 Å². The van der Waals surface area contributed by atoms with Crippen LogP contribution in [0.25, 0.3) is 0 Å². The van der Waals surface area contributed by atoms with Gasteiger partial charge in [0.25, 0.3) is 0 Å². The predicted octanol–water partition coefficient (Wildman–Crippen LogP) is 2.89. The van der Waals surface area contributed by atoms with Gasteiger partial charge in [-0.2, -0.15) is 0 Å². The number of rotatable bonds is 5. The number of nitrogens with zero attached hydrogens (tertiary/aromatic N) is 1. The minimum Gasteiger partial charge on any atom is -0.396 e. The van der Waals surface area contributed by atoms with Crippen LogP contribution in [0, 0.1) is 5.92 Å². The van der Waals surface area contributed by atoms with Gasteiger partial charge in [-0.05, 0) is 49.3 Å². The molecule has 2 rings (SSSR count). The molecule has 1 unspecified atom stereocenters. The Labute approximate surface area is 125 Å². The zero-order chi connectivity index (χ0) is 14.4. The number of aryl methyl sites for hydroxylation is 1. The molecule has 1 aromatic rings. The molecule has 3 nitrogen and oxygen atoms in total. The van der Waals surface area contributed by atoms with E-state index in [-0.39, 0.29) is 18.4 Å². The Hall–Kier alpha value is -1.06. The first-order valence-electron chi connectivity index (χ1n) is 7.32. The summed E-state index contributed by atoms with van der Waals surface area (Å²) in [7, 11) is 0. The lowest BCUT2D eigenvalue weighted by molar-refractivity contribution is -0.133. The average Bonchev–Trinajstić information content (AvgIpc) is 2.49. The normalized spacial score (nSPS) is 19.1. The highest BCUT2D eigenvalue weighted by Gasteiger charge is 2.22. The highest BCUT2D eigenvalue weighted by atomic mass is 35.5. The maximum absolute atomic E-state index is 12.1. The van der Waals surface area contributed by atoms with Gasteiger partial charge in [0.2, 0.25) is 5.91 Å². The first-order valence-corrected chi connectivity index (χ1v) is 7.70. The van der Waals surface area contributed by atoms with Crippen LogP contribution >= 0.6 is 11.6 Å². The summed E-state index contributed by atoms with van der Waals surface area (Å²) in [5, 5.41) is 9.93. The molecule has 0 bridgehead atoms. The number of amides is 1. The zero-order valence-corrected chi connectivity index (χ0v) is 12.5. The third-order valence-corrected chi connectivity index (χ3v) is 4.15. The number of hydrogen-bond acceptors (Lipinski definition) is 2. The number of likely N-dealkylation sites (tertiary alicyclic amines) is 1. The number of carbonyl (C=O) groups excluding carboxylic acids is 1. The minimum absolute atomic E-state index is 0.189. The van der Waals surface area contributed by atoms with Gasteiger partial charge in [0.15, 0.2) is 0 Å². The number of carbonyl (C=O) groups is 1. The summed E-state index contributed by atoms with van der Waals surface area (Å²) in [4.78, 5) is 14.0. The van der Waals surface area contributed by atoms with Crippen LogP contribution in [0.2, 0.25) is 5.02 Å². The van der Waals surface area contributed by atoms with Crippen LogP contribution in [0.4, 0.5) is 0 Å². The first kappa shape index (κ1) is 15.3. The molecule has 4 heteroatoms. The van der Waals surface area contributed by atoms with E-state index in [0.29, 0.717) is 6.42 Å². The van der Waals surface area contributed by atoms with E-state index in [1.807, 2.05) is 29.2 Å². The van der Waals surface area contributed by atoms with Crippen molar-refractivity contribution in [2.75, 3.05) is 19.7 Å². The molecular formula is C16H22ClNO2. The molecule has 1 atom stereocenters. The molecular weight excluding hydrogens is 274 g/mol. The van der Waals surface area contributed by atoms with E-state index in [2.05, 4.69) is 0 Å². The van der Waals surface area contributed by atoms with Crippen molar-refractivity contribution < 1.29 is 9.90 Å². The Kier molecular flexibility index (Phi) is 5.86. The van der Waals surface area contributed by atoms with Crippen LogP contribution in [-0.2, 0) is 11.2 Å². The minimum atomic E-state index is 0.189. The fourth-order valence-corrected chi connectivity index (χ4v) is 2.82. The van der Waals surface area contributed by atoms with Crippen LogP contribution in [0.3, 0.4) is 0 Å². The number of halogens is 1. The van der Waals surface area contributed by atoms with Gasteiger partial charge in [0, 0.05) is 31.1 Å². The standard InChI is InChI=1S/C16H22ClNO2/c17-15-8-6-13(7-9-15)3-1-5-16(20)18-10-2-4-14(11-18)12-19/h6-9,14,19H,1-5,10-12H2. The summed E-state index contributed by atoms with van der Waals surface area (Å²) in [6.07, 6.45) is 4.39. The summed E-state index contributed by atoms with van der Waals surface area (Å²) >= 11 is 5.84. The summed E-state index contributed by atoms with van der Waals surface area (Å²) < 4.78 is 0. The largest absolute Gasteiger partial charge is 0.396 e. The van der Waals surface area contributed by atoms with Crippen molar-refractivity contribution in [2.24, 2.45) is 5.92 Å². The molecule has 0 aliphatic carbocycles. The van der Waals surface area contributed by atoms with Crippen molar-refractivity contribution in [3.8, 4) is 0 Å². The van der Waals surface area contributed by atoms with Gasteiger partial charge in [0.1, 0.15) is 0 Å². The van der Waals surface area contributed by atoms with Gasteiger partial charge < -0.3 is 10.0 Å². The SMILES string of the molecule is O=C(CCCc1ccc(Cl)cc1)N1CCCC(CO)C1. The molecule has 0 saturated carbocycles. The highest BCUT2D eigenvalue weighted by Crippen LogP contribution is 2.17. The van der Waals surface area contributed by atoms with Crippen LogP contribution < -0.4 is 0 Å². The fourth-order valence-electron chi connectivity index (χ4n) is 2.69. The average molecular weight is 296 g/mol. The van der Waals surface area contributed by atoms with Crippen molar-refractivity contribution in [3.05, 3.63) is 34.9 Å². The Morgan fingerprint density at radius 1 is 1.35 bits per heavy atom. The second-order valence-corrected chi connectivity index (χ2v) is 5.95. The van der Waals surface area contributed by atoms with Gasteiger partial charge in [-0.15, -0.1) is 0 Å². The summed E-state index contributed by atoms with van der Waals surface area (Å²) in [5.41, 5.74) is 1.22. The van der Waals surface area contributed by atoms with Crippen molar-refractivity contribution in [1.82, 2.24) is 4.90 Å². The van der Waals surface area contributed by atoms with Crippen LogP contribution in [0.1, 0.15) is 31.2 Å². The molecule has 0 radical (unpaired) electrons. The summed E-state index contributed by atoms with van der Waals surface area (Å²) in [6.45, 7) is 1.75. The van der Waals surface area contributed by atoms with Crippen LogP contribution in [0.15, 0.2) is 24.3 Å². The van der Waals surface area contributed by atoms with Crippen molar-refractivity contribution >= 4 is 17.5 Å². The van der Waals surface area contributed by atoms with E-state index < -0.39 is 0 Å². The monoisotopic (exact) mass is 295 g/mol. The molecule has 1 aliphatic heterocycles. The Bertz CT molecular complexity index is 433. The van der Waals surface area contributed by atoms with Crippen molar-refractivity contribution in [1.29, 1.82) is 0 Å². The number of aliphatic hydroxyl groups is 1. The molecule has 1 N–H and O–H groups in total. The number of hydrogen-bond donors (Lipinski definition) is 1. The van der Waals surface area contributed by atoms with E-state index in [0.717, 1.165) is 43.8 Å². The first-order chi connectivity index (χ1) is 9.69. The lowest BCUT2D eigenvalue weighted by atomic mass is 9.98. The molecule has 1 saturated heterocycles. The highest BCUT2D eigenvalue weighted by molar-refractivity contribution is 6.30. The Balaban J connectivity index is 1.73. The second-order valence-electron chi connectivity index (χ2n) is 5.51. The number of benzene rings is 1. The van der Waals surface area contributed by atoms with Gasteiger partial charge in [0.05, 0.1) is 0 Å². The van der Waals surface area contributed by atoms with Crippen LogP contribution in [0.5, 0.6) is 0 Å². The Morgan fingerprint density at radius 3 is 2.80 bits per heavy atom. The molecule has 20 heavy (non-hydrogen) atoms. The zero-order valence-electron chi connectivity index (χ0n) is 11.7. The summed E-state index contributed by atoms with van der Waals surface area (Å²) in [5.74, 6) is 0.487. The molecule has 1 amide bonds. The molecule has 1 fully saturated rings. The molecule has 1 heterocycles. The maximum Gasteiger partial charge on any atom is 0.222 e. The third kappa shape index (κ3) is 4.50. The number of aliphatic hydroxyl groups excluding tert-OH is 1. The molecule has 110 valence electrons. The van der Waals surface area contributed by atoms with Gasteiger partial charge >= 0.3 is 0 Å². The van der Waals surface area contributed by atoms with Gasteiger partial charge in [-0.25, -0.2) is 0 Å². The molecule has 1 aliphatic rings.